The minimum atomic E-state index is -0.269. The summed E-state index contributed by atoms with van der Waals surface area (Å²) < 4.78 is 29.7. The van der Waals surface area contributed by atoms with Crippen molar-refractivity contribution in [1.29, 1.82) is 0 Å². The number of hydrogen-bond acceptors (Lipinski definition) is 5. The molecule has 0 fully saturated rings. The van der Waals surface area contributed by atoms with Crippen molar-refractivity contribution in [1.82, 2.24) is 9.55 Å². The summed E-state index contributed by atoms with van der Waals surface area (Å²) >= 11 is 0. The number of aryl methyl sites for hydroxylation is 1. The zero-order valence-corrected chi connectivity index (χ0v) is 40.4. The number of para-hydroxylation sites is 3. The van der Waals surface area contributed by atoms with E-state index in [0.717, 1.165) is 83.3 Å². The molecule has 6 nitrogen and oxygen atoms in total. The molecule has 0 spiro atoms. The summed E-state index contributed by atoms with van der Waals surface area (Å²) in [5, 5.41) is 4.15. The van der Waals surface area contributed by atoms with Gasteiger partial charge in [-0.3, -0.25) is 4.57 Å². The molecule has 0 bridgehead atoms. The number of hydrogen-bond donors (Lipinski definition) is 0. The third-order valence-electron chi connectivity index (χ3n) is 14.3. The molecule has 7 heteroatoms. The van der Waals surface area contributed by atoms with Gasteiger partial charge in [0.15, 0.2) is 0 Å². The van der Waals surface area contributed by atoms with Crippen LogP contribution in [0.25, 0.3) is 82.9 Å². The Bertz CT molecular complexity index is 4000. The van der Waals surface area contributed by atoms with Gasteiger partial charge < -0.3 is 19.0 Å². The quantitative estimate of drug-likeness (QED) is 0.152. The van der Waals surface area contributed by atoms with Crippen LogP contribution >= 0.6 is 0 Å². The highest BCUT2D eigenvalue weighted by molar-refractivity contribution is 6.24. The summed E-state index contributed by atoms with van der Waals surface area (Å²) in [6.07, 6.45) is 1.88. The van der Waals surface area contributed by atoms with Crippen molar-refractivity contribution in [2.24, 2.45) is 0 Å². The number of rotatable bonds is 8. The van der Waals surface area contributed by atoms with Crippen LogP contribution in [0, 0.1) is 12.7 Å². The highest BCUT2D eigenvalue weighted by Gasteiger charge is 2.33. The number of aromatic nitrogens is 2. The lowest BCUT2D eigenvalue weighted by Crippen LogP contribution is -2.25. The highest BCUT2D eigenvalue weighted by atomic mass is 19.1. The van der Waals surface area contributed by atoms with Crippen LogP contribution in [0.15, 0.2) is 217 Å². The van der Waals surface area contributed by atoms with Gasteiger partial charge in [0.05, 0.1) is 33.5 Å². The summed E-state index contributed by atoms with van der Waals surface area (Å²) in [6, 6.07) is 70.9. The summed E-state index contributed by atoms with van der Waals surface area (Å²) in [7, 11) is 0. The maximum atomic E-state index is 13.9. The molecule has 0 radical (unpaired) electrons. The van der Waals surface area contributed by atoms with Crippen molar-refractivity contribution in [2.75, 3.05) is 16.5 Å². The van der Waals surface area contributed by atoms with Gasteiger partial charge in [0, 0.05) is 56.9 Å². The fourth-order valence-electron chi connectivity index (χ4n) is 10.7. The smallest absolute Gasteiger partial charge is 0.145 e. The fourth-order valence-corrected chi connectivity index (χ4v) is 10.7. The van der Waals surface area contributed by atoms with Crippen molar-refractivity contribution in [2.45, 2.75) is 33.1 Å². The van der Waals surface area contributed by atoms with Gasteiger partial charge in [-0.2, -0.15) is 0 Å². The van der Waals surface area contributed by atoms with E-state index >= 15 is 0 Å². The molecule has 0 unspecified atom stereocenters. The van der Waals surface area contributed by atoms with Gasteiger partial charge in [-0.1, -0.05) is 130 Å². The number of benzene rings is 9. The van der Waals surface area contributed by atoms with Crippen molar-refractivity contribution in [3.63, 3.8) is 0 Å². The topological polar surface area (TPSA) is 46.7 Å². The van der Waals surface area contributed by atoms with Gasteiger partial charge in [0.2, 0.25) is 0 Å². The van der Waals surface area contributed by atoms with Gasteiger partial charge >= 0.3 is 0 Å². The summed E-state index contributed by atoms with van der Waals surface area (Å²) in [5.74, 6) is 1.89. The van der Waals surface area contributed by atoms with E-state index in [1.165, 1.54) is 45.6 Å². The van der Waals surface area contributed by atoms with E-state index in [2.05, 4.69) is 194 Å². The minimum absolute atomic E-state index is 0.0725. The first kappa shape index (κ1) is 43.1. The second-order valence-electron chi connectivity index (χ2n) is 19.8. The third kappa shape index (κ3) is 7.27. The summed E-state index contributed by atoms with van der Waals surface area (Å²) in [6.45, 7) is 9.53. The van der Waals surface area contributed by atoms with Crippen LogP contribution in [0.4, 0.5) is 27.1 Å². The molecule has 72 heavy (non-hydrogen) atoms. The first-order valence-corrected chi connectivity index (χ1v) is 24.5. The molecule has 3 aromatic heterocycles. The molecule has 13 rings (SSSR count). The van der Waals surface area contributed by atoms with Gasteiger partial charge in [-0.15, -0.1) is 0 Å². The van der Waals surface area contributed by atoms with E-state index in [4.69, 9.17) is 14.1 Å². The average molecular weight is 937 g/mol. The molecule has 0 N–H and O–H groups in total. The SMILES string of the molecule is Cc1cc(-n2c3cc(Oc4cccc(N5CN(c6c(-c7ccccc7)cc(C(C)(C)C)cc6-c6ccccc6)c6ccccc65)c4)ccc3c3c4oc5ccccc5c4ccc32)ncc1-c1ccc(F)cc1. The zero-order valence-electron chi connectivity index (χ0n) is 40.4. The van der Waals surface area contributed by atoms with Crippen LogP contribution in [0.3, 0.4) is 0 Å². The normalized spacial score (nSPS) is 12.7. The second kappa shape index (κ2) is 16.9. The minimum Gasteiger partial charge on any atom is -0.457 e. The standard InChI is InChI=1S/C65H49FN4O2/c1-41-34-61(67-39-55(41)44-26-28-46(66)29-27-44)70-58-33-32-51-50-22-11-14-25-60(50)72-64(51)62(58)52-31-30-49(38-59(52)70)71-48-21-15-20-47(37-48)68-40-69(57-24-13-12-23-56(57)68)63-53(42-16-7-5-8-17-42)35-45(65(2,3)4)36-54(63)43-18-9-6-10-19-43/h5-39H,40H2,1-4H3. The predicted molar refractivity (Wildman–Crippen MR) is 294 cm³/mol. The summed E-state index contributed by atoms with van der Waals surface area (Å²) in [5.41, 5.74) is 16.8. The number of ether oxygens (including phenoxy) is 1. The predicted octanol–water partition coefficient (Wildman–Crippen LogP) is 17.9. The number of nitrogens with zero attached hydrogens (tertiary/aromatic N) is 4. The van der Waals surface area contributed by atoms with E-state index < -0.39 is 0 Å². The fraction of sp³-hybridized carbons (Fsp3) is 0.0923. The highest BCUT2D eigenvalue weighted by Crippen LogP contribution is 2.52. The second-order valence-corrected chi connectivity index (χ2v) is 19.8. The Morgan fingerprint density at radius 1 is 0.542 bits per heavy atom. The molecule has 0 amide bonds. The molecule has 0 atom stereocenters. The van der Waals surface area contributed by atoms with Crippen molar-refractivity contribution in [3.05, 3.63) is 229 Å². The van der Waals surface area contributed by atoms with Gasteiger partial charge in [-0.25, -0.2) is 9.37 Å². The van der Waals surface area contributed by atoms with Crippen LogP contribution in [-0.4, -0.2) is 16.2 Å². The lowest BCUT2D eigenvalue weighted by molar-refractivity contribution is 0.483. The number of pyridine rings is 1. The lowest BCUT2D eigenvalue weighted by Gasteiger charge is -2.30. The maximum Gasteiger partial charge on any atom is 0.145 e. The molecule has 12 aromatic rings. The Labute approximate surface area is 417 Å². The number of halogens is 1. The number of anilines is 4. The molecule has 0 saturated heterocycles. The zero-order chi connectivity index (χ0) is 48.7. The Balaban J connectivity index is 0.911. The third-order valence-corrected chi connectivity index (χ3v) is 14.3. The van der Waals surface area contributed by atoms with Crippen LogP contribution in [-0.2, 0) is 5.41 Å². The van der Waals surface area contributed by atoms with Crippen LogP contribution < -0.4 is 14.5 Å². The Morgan fingerprint density at radius 3 is 1.89 bits per heavy atom. The molecule has 0 aliphatic carbocycles. The Kier molecular flexibility index (Phi) is 10.1. The van der Waals surface area contributed by atoms with Gasteiger partial charge in [0.25, 0.3) is 0 Å². The van der Waals surface area contributed by atoms with Crippen LogP contribution in [0.5, 0.6) is 11.5 Å². The van der Waals surface area contributed by atoms with E-state index in [1.807, 2.05) is 36.5 Å². The lowest BCUT2D eigenvalue weighted by atomic mass is 9.82. The molecular formula is C65H49FN4O2. The monoisotopic (exact) mass is 936 g/mol. The molecule has 9 aromatic carbocycles. The molecule has 0 saturated carbocycles. The first-order chi connectivity index (χ1) is 35.1. The average Bonchev–Trinajstić information content (AvgIpc) is 4.09. The van der Waals surface area contributed by atoms with E-state index in [0.29, 0.717) is 18.2 Å². The number of furan rings is 1. The maximum absolute atomic E-state index is 13.9. The molecular weight excluding hydrogens is 888 g/mol. The molecule has 4 heterocycles. The Hall–Kier alpha value is -8.94. The Morgan fingerprint density at radius 2 is 1.18 bits per heavy atom. The molecule has 348 valence electrons. The molecule has 1 aliphatic heterocycles. The van der Waals surface area contributed by atoms with Gasteiger partial charge in [-0.05, 0) is 125 Å². The first-order valence-electron chi connectivity index (χ1n) is 24.5. The molecule has 1 aliphatic rings. The van der Waals surface area contributed by atoms with Gasteiger partial charge in [0.1, 0.15) is 41.0 Å². The number of fused-ring (bicyclic) bond motifs is 8. The van der Waals surface area contributed by atoms with Crippen molar-refractivity contribution >= 4 is 66.5 Å². The van der Waals surface area contributed by atoms with Crippen LogP contribution in [0.2, 0.25) is 0 Å². The van der Waals surface area contributed by atoms with E-state index in [1.54, 1.807) is 12.1 Å². The van der Waals surface area contributed by atoms with Crippen molar-refractivity contribution in [3.8, 4) is 50.7 Å². The van der Waals surface area contributed by atoms with Crippen LogP contribution in [0.1, 0.15) is 31.9 Å². The summed E-state index contributed by atoms with van der Waals surface area (Å²) in [4.78, 5) is 9.93. The van der Waals surface area contributed by atoms with Crippen molar-refractivity contribution < 1.29 is 13.5 Å². The largest absolute Gasteiger partial charge is 0.457 e. The van der Waals surface area contributed by atoms with E-state index in [-0.39, 0.29) is 11.2 Å². The van der Waals surface area contributed by atoms with E-state index in [9.17, 15) is 4.39 Å².